The minimum Gasteiger partial charge on any atom is -0.389 e. The van der Waals surface area contributed by atoms with Gasteiger partial charge < -0.3 is 5.73 Å². The van der Waals surface area contributed by atoms with Crippen LogP contribution in [0.3, 0.4) is 0 Å². The second-order valence-electron chi connectivity index (χ2n) is 4.69. The highest BCUT2D eigenvalue weighted by atomic mass is 32.1. The van der Waals surface area contributed by atoms with Gasteiger partial charge >= 0.3 is 0 Å². The Bertz CT molecular complexity index is 651. The Hall–Kier alpha value is -1.69. The van der Waals surface area contributed by atoms with E-state index in [0.29, 0.717) is 4.99 Å². The molecule has 0 saturated carbocycles. The molecule has 2 aromatic heterocycles. The number of aromatic nitrogens is 4. The number of hydrogen-bond acceptors (Lipinski definition) is 3. The quantitative estimate of drug-likeness (QED) is 0.868. The Balaban J connectivity index is 2.76. The summed E-state index contributed by atoms with van der Waals surface area (Å²) in [4.78, 5) is 0.353. The summed E-state index contributed by atoms with van der Waals surface area (Å²) < 4.78 is 3.67. The summed E-state index contributed by atoms with van der Waals surface area (Å²) in [6, 6.07) is 0. The summed E-state index contributed by atoms with van der Waals surface area (Å²) in [5, 5.41) is 9.01. The van der Waals surface area contributed by atoms with Gasteiger partial charge in [-0.05, 0) is 32.8 Å². The van der Waals surface area contributed by atoms with Crippen LogP contribution in [0.2, 0.25) is 0 Å². The molecule has 0 saturated heterocycles. The average Bonchev–Trinajstić information content (AvgIpc) is 2.75. The minimum atomic E-state index is 0.353. The van der Waals surface area contributed by atoms with Crippen molar-refractivity contribution in [3.63, 3.8) is 0 Å². The summed E-state index contributed by atoms with van der Waals surface area (Å²) in [6.45, 7) is 8.12. The molecule has 6 heteroatoms. The average molecular weight is 277 g/mol. The van der Waals surface area contributed by atoms with Crippen molar-refractivity contribution in [2.24, 2.45) is 12.8 Å². The number of nitrogens with two attached hydrogens (primary N) is 1. The van der Waals surface area contributed by atoms with E-state index in [1.807, 2.05) is 25.6 Å². The molecule has 0 spiro atoms. The Morgan fingerprint density at radius 3 is 2.32 bits per heavy atom. The highest BCUT2D eigenvalue weighted by molar-refractivity contribution is 7.80. The molecule has 0 aromatic carbocycles. The van der Waals surface area contributed by atoms with Gasteiger partial charge in [0.05, 0.1) is 17.0 Å². The van der Waals surface area contributed by atoms with Crippen molar-refractivity contribution in [3.05, 3.63) is 28.2 Å². The summed E-state index contributed by atoms with van der Waals surface area (Å²) in [6.07, 6.45) is 0.955. The lowest BCUT2D eigenvalue weighted by atomic mass is 10.1. The van der Waals surface area contributed by atoms with Crippen molar-refractivity contribution >= 4 is 17.2 Å². The van der Waals surface area contributed by atoms with Crippen LogP contribution in [-0.4, -0.2) is 24.5 Å². The van der Waals surface area contributed by atoms with Crippen molar-refractivity contribution in [1.82, 2.24) is 19.6 Å². The summed E-state index contributed by atoms with van der Waals surface area (Å²) in [5.41, 5.74) is 10.9. The molecule has 0 fully saturated rings. The van der Waals surface area contributed by atoms with Crippen LogP contribution in [0.5, 0.6) is 0 Å². The predicted molar refractivity (Wildman–Crippen MR) is 79.8 cm³/mol. The van der Waals surface area contributed by atoms with E-state index in [-0.39, 0.29) is 0 Å². The van der Waals surface area contributed by atoms with E-state index in [1.165, 1.54) is 5.56 Å². The maximum atomic E-state index is 5.83. The number of hydrogen-bond donors (Lipinski definition) is 1. The van der Waals surface area contributed by atoms with E-state index >= 15 is 0 Å². The van der Waals surface area contributed by atoms with Gasteiger partial charge in [-0.1, -0.05) is 19.1 Å². The normalized spacial score (nSPS) is 11.0. The Labute approximate surface area is 118 Å². The summed E-state index contributed by atoms with van der Waals surface area (Å²) in [7, 11) is 1.88. The SMILES string of the molecule is CCc1c(C)nn(-c2c(C(N)=S)c(C)nn2C)c1C. The maximum absolute atomic E-state index is 5.83. The number of rotatable bonds is 3. The van der Waals surface area contributed by atoms with Crippen LogP contribution in [-0.2, 0) is 13.5 Å². The monoisotopic (exact) mass is 277 g/mol. The number of thiocarbonyl (C=S) groups is 1. The first-order valence-corrected chi connectivity index (χ1v) is 6.68. The predicted octanol–water partition coefficient (Wildman–Crippen LogP) is 1.73. The lowest BCUT2D eigenvalue weighted by molar-refractivity contribution is 0.682. The largest absolute Gasteiger partial charge is 0.389 e. The molecular weight excluding hydrogens is 258 g/mol. The van der Waals surface area contributed by atoms with E-state index in [9.17, 15) is 0 Å². The minimum absolute atomic E-state index is 0.353. The van der Waals surface area contributed by atoms with Crippen molar-refractivity contribution in [2.45, 2.75) is 34.1 Å². The third-order valence-corrected chi connectivity index (χ3v) is 3.64. The zero-order valence-corrected chi connectivity index (χ0v) is 12.8. The molecule has 2 aromatic rings. The van der Waals surface area contributed by atoms with E-state index in [1.54, 1.807) is 4.68 Å². The van der Waals surface area contributed by atoms with Gasteiger partial charge in [0.25, 0.3) is 0 Å². The summed E-state index contributed by atoms with van der Waals surface area (Å²) in [5.74, 6) is 0.838. The Kier molecular flexibility index (Phi) is 3.45. The Morgan fingerprint density at radius 1 is 1.21 bits per heavy atom. The molecule has 19 heavy (non-hydrogen) atoms. The van der Waals surface area contributed by atoms with Gasteiger partial charge in [0.2, 0.25) is 0 Å². The maximum Gasteiger partial charge on any atom is 0.162 e. The van der Waals surface area contributed by atoms with E-state index in [2.05, 4.69) is 24.0 Å². The van der Waals surface area contributed by atoms with E-state index in [4.69, 9.17) is 18.0 Å². The number of aryl methyl sites for hydroxylation is 3. The molecule has 102 valence electrons. The van der Waals surface area contributed by atoms with Crippen molar-refractivity contribution in [2.75, 3.05) is 0 Å². The van der Waals surface area contributed by atoms with Gasteiger partial charge in [0, 0.05) is 12.7 Å². The molecule has 2 N–H and O–H groups in total. The molecule has 0 bridgehead atoms. The molecule has 0 aliphatic rings. The van der Waals surface area contributed by atoms with Crippen LogP contribution >= 0.6 is 12.2 Å². The molecule has 0 aliphatic heterocycles. The first kappa shape index (κ1) is 13.7. The zero-order chi connectivity index (χ0) is 14.3. The van der Waals surface area contributed by atoms with Gasteiger partial charge in [0.1, 0.15) is 4.99 Å². The highest BCUT2D eigenvalue weighted by Gasteiger charge is 2.21. The standard InChI is InChI=1S/C13H19N5S/c1-6-10-7(2)16-18(9(10)4)13-11(12(14)19)8(3)15-17(13)5/h6H2,1-5H3,(H2,14,19). The Morgan fingerprint density at radius 2 is 1.84 bits per heavy atom. The van der Waals surface area contributed by atoms with Crippen LogP contribution in [0.15, 0.2) is 0 Å². The van der Waals surface area contributed by atoms with Crippen LogP contribution in [0.1, 0.15) is 35.1 Å². The smallest absolute Gasteiger partial charge is 0.162 e. The molecule has 5 nitrogen and oxygen atoms in total. The molecular formula is C13H19N5S. The second-order valence-corrected chi connectivity index (χ2v) is 5.13. The second kappa shape index (κ2) is 4.77. The fourth-order valence-corrected chi connectivity index (χ4v) is 2.81. The zero-order valence-electron chi connectivity index (χ0n) is 12.0. The molecule has 2 heterocycles. The van der Waals surface area contributed by atoms with Gasteiger partial charge in [-0.15, -0.1) is 0 Å². The third-order valence-electron chi connectivity index (χ3n) is 3.43. The molecule has 0 unspecified atom stereocenters. The van der Waals surface area contributed by atoms with Gasteiger partial charge in [-0.2, -0.15) is 10.2 Å². The molecule has 2 rings (SSSR count). The van der Waals surface area contributed by atoms with Crippen molar-refractivity contribution < 1.29 is 0 Å². The van der Waals surface area contributed by atoms with E-state index in [0.717, 1.165) is 34.9 Å². The first-order chi connectivity index (χ1) is 8.88. The lowest BCUT2D eigenvalue weighted by Gasteiger charge is -2.08. The fraction of sp³-hybridized carbons (Fsp3) is 0.462. The van der Waals surface area contributed by atoms with Crippen molar-refractivity contribution in [3.8, 4) is 5.82 Å². The van der Waals surface area contributed by atoms with Crippen LogP contribution in [0.4, 0.5) is 0 Å². The lowest BCUT2D eigenvalue weighted by Crippen LogP contribution is -2.16. The highest BCUT2D eigenvalue weighted by Crippen LogP contribution is 2.22. The molecule has 0 amide bonds. The molecule has 0 aliphatic carbocycles. The van der Waals surface area contributed by atoms with Gasteiger partial charge in [0.15, 0.2) is 5.82 Å². The van der Waals surface area contributed by atoms with Crippen LogP contribution in [0.25, 0.3) is 5.82 Å². The van der Waals surface area contributed by atoms with Gasteiger partial charge in [-0.3, -0.25) is 4.68 Å². The third kappa shape index (κ3) is 2.06. The molecule has 0 atom stereocenters. The van der Waals surface area contributed by atoms with E-state index < -0.39 is 0 Å². The first-order valence-electron chi connectivity index (χ1n) is 6.27. The topological polar surface area (TPSA) is 61.7 Å². The molecule has 0 radical (unpaired) electrons. The number of nitrogens with zero attached hydrogens (tertiary/aromatic N) is 4. The summed E-state index contributed by atoms with van der Waals surface area (Å²) >= 11 is 5.15. The van der Waals surface area contributed by atoms with Gasteiger partial charge in [-0.25, -0.2) is 4.68 Å². The van der Waals surface area contributed by atoms with Crippen LogP contribution < -0.4 is 5.73 Å². The fourth-order valence-electron chi connectivity index (χ4n) is 2.57. The van der Waals surface area contributed by atoms with Crippen molar-refractivity contribution in [1.29, 1.82) is 0 Å². The van der Waals surface area contributed by atoms with Crippen LogP contribution in [0, 0.1) is 20.8 Å².